The van der Waals surface area contributed by atoms with Crippen molar-refractivity contribution < 1.29 is 9.18 Å². The number of benzene rings is 3. The maximum Gasteiger partial charge on any atom is 0.284 e. The number of halogens is 3. The lowest BCUT2D eigenvalue weighted by molar-refractivity contribution is -0.113. The summed E-state index contributed by atoms with van der Waals surface area (Å²) in [7, 11) is 0. The van der Waals surface area contributed by atoms with Crippen LogP contribution in [0.3, 0.4) is 0 Å². The second kappa shape index (κ2) is 7.89. The van der Waals surface area contributed by atoms with Crippen molar-refractivity contribution in [2.75, 3.05) is 4.90 Å². The van der Waals surface area contributed by atoms with Crippen LogP contribution in [0, 0.1) is 5.82 Å². The first-order chi connectivity index (χ1) is 15.0. The molecule has 8 heteroatoms. The molecule has 4 aromatic rings. The Labute approximate surface area is 190 Å². The van der Waals surface area contributed by atoms with E-state index >= 15 is 0 Å². The van der Waals surface area contributed by atoms with Crippen LogP contribution in [0.4, 0.5) is 9.52 Å². The van der Waals surface area contributed by atoms with Crippen LogP contribution in [-0.2, 0) is 4.79 Å². The molecule has 0 spiro atoms. The van der Waals surface area contributed by atoms with Crippen LogP contribution >= 0.6 is 34.5 Å². The van der Waals surface area contributed by atoms with Crippen molar-refractivity contribution in [1.82, 2.24) is 4.98 Å². The summed E-state index contributed by atoms with van der Waals surface area (Å²) < 4.78 is 14.5. The lowest BCUT2D eigenvalue weighted by atomic mass is 10.2. The van der Waals surface area contributed by atoms with E-state index in [1.54, 1.807) is 18.2 Å². The number of carbonyl (C=O) groups is 1. The number of hydrogen-bond acceptors (Lipinski definition) is 4. The number of aromatic nitrogens is 1. The minimum Gasteiger partial charge on any atom is -0.266 e. The molecule has 0 saturated heterocycles. The van der Waals surface area contributed by atoms with E-state index in [1.807, 2.05) is 42.5 Å². The summed E-state index contributed by atoms with van der Waals surface area (Å²) in [6, 6.07) is 19.3. The van der Waals surface area contributed by atoms with Crippen LogP contribution < -0.4 is 4.90 Å². The van der Waals surface area contributed by atoms with Gasteiger partial charge in [-0.2, -0.15) is 0 Å². The van der Waals surface area contributed by atoms with Gasteiger partial charge in [-0.05, 0) is 35.9 Å². The lowest BCUT2D eigenvalue weighted by Gasteiger charge is -2.14. The standard InChI is InChI=1S/C23H12Cl2FN3OS/c24-15-8-6-13(7-9-15)10-19-22(30)29(21(27-19)14-4-2-1-3-5-14)23-28-18-11-16(25)17(26)12-20(18)31-23/h1-12H. The quantitative estimate of drug-likeness (QED) is 0.319. The molecule has 0 N–H and O–H groups in total. The van der Waals surface area contributed by atoms with Gasteiger partial charge in [0.1, 0.15) is 17.3 Å². The number of rotatable bonds is 3. The molecule has 5 rings (SSSR count). The van der Waals surface area contributed by atoms with E-state index in [0.717, 1.165) is 11.1 Å². The van der Waals surface area contributed by atoms with Crippen LogP contribution in [0.15, 0.2) is 77.4 Å². The van der Waals surface area contributed by atoms with E-state index in [9.17, 15) is 9.18 Å². The summed E-state index contributed by atoms with van der Waals surface area (Å²) >= 11 is 13.1. The molecule has 1 amide bonds. The Hall–Kier alpha value is -3.06. The van der Waals surface area contributed by atoms with Crippen LogP contribution in [0.1, 0.15) is 11.1 Å². The zero-order valence-electron chi connectivity index (χ0n) is 15.7. The maximum atomic E-state index is 13.9. The topological polar surface area (TPSA) is 45.6 Å². The van der Waals surface area contributed by atoms with E-state index < -0.39 is 5.82 Å². The van der Waals surface area contributed by atoms with Gasteiger partial charge in [-0.25, -0.2) is 19.3 Å². The number of fused-ring (bicyclic) bond motifs is 1. The first-order valence-corrected chi connectivity index (χ1v) is 10.8. The van der Waals surface area contributed by atoms with E-state index in [4.69, 9.17) is 23.2 Å². The molecule has 0 radical (unpaired) electrons. The molecular formula is C23H12Cl2FN3OS. The highest BCUT2D eigenvalue weighted by molar-refractivity contribution is 7.22. The SMILES string of the molecule is O=C1C(=Cc2ccc(Cl)cc2)N=C(c2ccccc2)N1c1nc2cc(Cl)c(F)cc2s1. The summed E-state index contributed by atoms with van der Waals surface area (Å²) in [5.74, 6) is -0.395. The average Bonchev–Trinajstić information content (AvgIpc) is 3.31. The number of carbonyl (C=O) groups excluding carboxylic acids is 1. The van der Waals surface area contributed by atoms with Crippen LogP contribution in [-0.4, -0.2) is 16.7 Å². The third kappa shape index (κ3) is 3.74. The third-order valence-corrected chi connectivity index (χ3v) is 6.22. The monoisotopic (exact) mass is 467 g/mol. The Morgan fingerprint density at radius 1 is 1.00 bits per heavy atom. The largest absolute Gasteiger partial charge is 0.284 e. The number of amidine groups is 1. The summed E-state index contributed by atoms with van der Waals surface area (Å²) in [4.78, 5) is 23.9. The normalized spacial score (nSPS) is 15.2. The number of anilines is 1. The predicted octanol–water partition coefficient (Wildman–Crippen LogP) is 6.58. The molecule has 31 heavy (non-hydrogen) atoms. The van der Waals surface area contributed by atoms with Gasteiger partial charge in [0.15, 0.2) is 5.13 Å². The fraction of sp³-hybridized carbons (Fsp3) is 0. The minimum atomic E-state index is -0.530. The number of nitrogens with zero attached hydrogens (tertiary/aromatic N) is 3. The number of hydrogen-bond donors (Lipinski definition) is 0. The van der Waals surface area contributed by atoms with Crippen molar-refractivity contribution in [3.05, 3.63) is 99.4 Å². The molecular weight excluding hydrogens is 456 g/mol. The van der Waals surface area contributed by atoms with Crippen molar-refractivity contribution >= 4 is 67.7 Å². The van der Waals surface area contributed by atoms with Gasteiger partial charge >= 0.3 is 0 Å². The van der Waals surface area contributed by atoms with E-state index in [1.165, 1.54) is 28.4 Å². The third-order valence-electron chi connectivity index (χ3n) is 4.68. The molecule has 0 bridgehead atoms. The summed E-state index contributed by atoms with van der Waals surface area (Å²) in [6.07, 6.45) is 1.70. The van der Waals surface area contributed by atoms with Crippen molar-refractivity contribution in [3.63, 3.8) is 0 Å². The fourth-order valence-electron chi connectivity index (χ4n) is 3.20. The second-order valence-corrected chi connectivity index (χ2v) is 8.61. The molecule has 1 aliphatic heterocycles. The van der Waals surface area contributed by atoms with Gasteiger partial charge in [-0.1, -0.05) is 77.0 Å². The lowest BCUT2D eigenvalue weighted by Crippen LogP contribution is -2.32. The zero-order valence-corrected chi connectivity index (χ0v) is 18.0. The maximum absolute atomic E-state index is 13.9. The van der Waals surface area contributed by atoms with Gasteiger partial charge in [0.2, 0.25) is 0 Å². The first-order valence-electron chi connectivity index (χ1n) is 9.21. The van der Waals surface area contributed by atoms with Crippen molar-refractivity contribution in [3.8, 4) is 0 Å². The van der Waals surface area contributed by atoms with Gasteiger partial charge in [0.25, 0.3) is 5.91 Å². The Bertz CT molecular complexity index is 1340. The highest BCUT2D eigenvalue weighted by atomic mass is 35.5. The Morgan fingerprint density at radius 3 is 2.48 bits per heavy atom. The average molecular weight is 468 g/mol. The van der Waals surface area contributed by atoms with Gasteiger partial charge in [-0.15, -0.1) is 0 Å². The molecule has 0 unspecified atom stereocenters. The molecule has 0 aliphatic carbocycles. The predicted molar refractivity (Wildman–Crippen MR) is 124 cm³/mol. The number of amides is 1. The highest BCUT2D eigenvalue weighted by Gasteiger charge is 2.34. The fourth-order valence-corrected chi connectivity index (χ4v) is 4.46. The summed E-state index contributed by atoms with van der Waals surface area (Å²) in [5, 5.41) is 0.983. The van der Waals surface area contributed by atoms with Crippen LogP contribution in [0.25, 0.3) is 16.3 Å². The first kappa shape index (κ1) is 19.9. The second-order valence-electron chi connectivity index (χ2n) is 6.75. The number of aliphatic imine (C=N–C) groups is 1. The van der Waals surface area contributed by atoms with E-state index in [-0.39, 0.29) is 16.6 Å². The minimum absolute atomic E-state index is 0.0163. The molecule has 0 atom stereocenters. The Balaban J connectivity index is 1.64. The molecule has 152 valence electrons. The van der Waals surface area contributed by atoms with E-state index in [2.05, 4.69) is 9.98 Å². The van der Waals surface area contributed by atoms with Gasteiger partial charge in [0.05, 0.1) is 15.2 Å². The van der Waals surface area contributed by atoms with Crippen molar-refractivity contribution in [1.29, 1.82) is 0 Å². The van der Waals surface area contributed by atoms with Gasteiger partial charge in [-0.3, -0.25) is 4.79 Å². The molecule has 1 aromatic heterocycles. The van der Waals surface area contributed by atoms with Crippen LogP contribution in [0.2, 0.25) is 10.0 Å². The van der Waals surface area contributed by atoms with Crippen LogP contribution in [0.5, 0.6) is 0 Å². The smallest absolute Gasteiger partial charge is 0.266 e. The molecule has 4 nitrogen and oxygen atoms in total. The molecule has 0 saturated carbocycles. The van der Waals surface area contributed by atoms with E-state index in [0.29, 0.717) is 26.2 Å². The Morgan fingerprint density at radius 2 is 1.74 bits per heavy atom. The summed E-state index contributed by atoms with van der Waals surface area (Å²) in [6.45, 7) is 0. The summed E-state index contributed by atoms with van der Waals surface area (Å²) in [5.41, 5.74) is 2.34. The molecule has 2 heterocycles. The zero-order chi connectivity index (χ0) is 21.5. The Kier molecular flexibility index (Phi) is 5.06. The van der Waals surface area contributed by atoms with Gasteiger partial charge in [0, 0.05) is 10.6 Å². The highest BCUT2D eigenvalue weighted by Crippen LogP contribution is 2.35. The van der Waals surface area contributed by atoms with Crippen molar-refractivity contribution in [2.45, 2.75) is 0 Å². The van der Waals surface area contributed by atoms with Crippen molar-refractivity contribution in [2.24, 2.45) is 4.99 Å². The molecule has 0 fully saturated rings. The molecule has 3 aromatic carbocycles. The molecule has 1 aliphatic rings. The van der Waals surface area contributed by atoms with Gasteiger partial charge < -0.3 is 0 Å². The number of thiazole rings is 1.